The summed E-state index contributed by atoms with van der Waals surface area (Å²) in [6.45, 7) is 0.406. The van der Waals surface area contributed by atoms with Crippen molar-refractivity contribution in [3.63, 3.8) is 0 Å². The third-order valence-corrected chi connectivity index (χ3v) is 5.10. The van der Waals surface area contributed by atoms with Gasteiger partial charge in [0, 0.05) is 19.5 Å². The van der Waals surface area contributed by atoms with E-state index < -0.39 is 10.0 Å². The number of hydrogen-bond acceptors (Lipinski definition) is 4. The molecule has 27 heavy (non-hydrogen) atoms. The van der Waals surface area contributed by atoms with E-state index >= 15 is 0 Å². The fraction of sp³-hybridized carbons (Fsp3) is 0.316. The standard InChI is InChI=1S/C19H23FN2O4S/c1-26-18-10-8-17(9-11-18)22(27(2,24)25)12-4-7-19(23)21-14-15-5-3-6-16(20)13-15/h3,5-6,8-11,13H,4,7,12,14H2,1-2H3,(H,21,23). The van der Waals surface area contributed by atoms with Gasteiger partial charge in [0.1, 0.15) is 11.6 Å². The van der Waals surface area contributed by atoms with Crippen LogP contribution in [0.25, 0.3) is 0 Å². The zero-order valence-electron chi connectivity index (χ0n) is 15.3. The minimum atomic E-state index is -3.48. The lowest BCUT2D eigenvalue weighted by molar-refractivity contribution is -0.121. The maximum Gasteiger partial charge on any atom is 0.232 e. The van der Waals surface area contributed by atoms with Crippen molar-refractivity contribution in [2.24, 2.45) is 0 Å². The van der Waals surface area contributed by atoms with E-state index in [1.165, 1.54) is 23.5 Å². The van der Waals surface area contributed by atoms with Gasteiger partial charge in [-0.1, -0.05) is 12.1 Å². The van der Waals surface area contributed by atoms with Crippen LogP contribution in [-0.2, 0) is 21.4 Å². The molecule has 0 aliphatic rings. The number of nitrogens with zero attached hydrogens (tertiary/aromatic N) is 1. The molecule has 2 aromatic carbocycles. The van der Waals surface area contributed by atoms with Gasteiger partial charge in [0.25, 0.3) is 0 Å². The predicted molar refractivity (Wildman–Crippen MR) is 103 cm³/mol. The largest absolute Gasteiger partial charge is 0.497 e. The molecule has 1 amide bonds. The molecule has 0 bridgehead atoms. The van der Waals surface area contributed by atoms with Crippen LogP contribution in [0.15, 0.2) is 48.5 Å². The van der Waals surface area contributed by atoms with E-state index in [9.17, 15) is 17.6 Å². The van der Waals surface area contributed by atoms with Gasteiger partial charge in [-0.25, -0.2) is 12.8 Å². The highest BCUT2D eigenvalue weighted by Crippen LogP contribution is 2.21. The molecule has 0 atom stereocenters. The van der Waals surface area contributed by atoms with Crippen molar-refractivity contribution in [3.05, 3.63) is 59.9 Å². The van der Waals surface area contributed by atoms with Gasteiger partial charge in [-0.05, 0) is 48.4 Å². The number of rotatable bonds is 9. The highest BCUT2D eigenvalue weighted by Gasteiger charge is 2.17. The van der Waals surface area contributed by atoms with Gasteiger partial charge in [-0.3, -0.25) is 9.10 Å². The first-order valence-corrected chi connectivity index (χ1v) is 10.3. The van der Waals surface area contributed by atoms with Crippen molar-refractivity contribution in [1.29, 1.82) is 0 Å². The number of benzene rings is 2. The summed E-state index contributed by atoms with van der Waals surface area (Å²) in [7, 11) is -1.94. The van der Waals surface area contributed by atoms with Crippen LogP contribution < -0.4 is 14.4 Å². The summed E-state index contributed by atoms with van der Waals surface area (Å²) >= 11 is 0. The number of carbonyl (C=O) groups excluding carboxylic acids is 1. The molecule has 0 aliphatic carbocycles. The third-order valence-electron chi connectivity index (χ3n) is 3.90. The van der Waals surface area contributed by atoms with Crippen LogP contribution in [0, 0.1) is 5.82 Å². The number of nitrogens with one attached hydrogen (secondary N) is 1. The van der Waals surface area contributed by atoms with Gasteiger partial charge >= 0.3 is 0 Å². The quantitative estimate of drug-likeness (QED) is 0.710. The second-order valence-corrected chi connectivity index (χ2v) is 7.95. The Kier molecular flexibility index (Phi) is 7.18. The molecule has 0 spiro atoms. The van der Waals surface area contributed by atoms with Crippen molar-refractivity contribution in [2.75, 3.05) is 24.2 Å². The highest BCUT2D eigenvalue weighted by atomic mass is 32.2. The van der Waals surface area contributed by atoms with Gasteiger partial charge in [-0.15, -0.1) is 0 Å². The van der Waals surface area contributed by atoms with E-state index in [0.29, 0.717) is 23.4 Å². The minimum Gasteiger partial charge on any atom is -0.497 e. The summed E-state index contributed by atoms with van der Waals surface area (Å²) < 4.78 is 43.6. The summed E-state index contributed by atoms with van der Waals surface area (Å²) in [4.78, 5) is 12.0. The van der Waals surface area contributed by atoms with E-state index in [0.717, 1.165) is 6.26 Å². The number of amides is 1. The van der Waals surface area contributed by atoms with Crippen LogP contribution in [0.1, 0.15) is 18.4 Å². The molecule has 1 N–H and O–H groups in total. The van der Waals surface area contributed by atoms with Crippen LogP contribution in [-0.4, -0.2) is 34.2 Å². The summed E-state index contributed by atoms with van der Waals surface area (Å²) in [5.41, 5.74) is 1.18. The average Bonchev–Trinajstić information content (AvgIpc) is 2.63. The first-order chi connectivity index (χ1) is 12.8. The molecular formula is C19H23FN2O4S. The van der Waals surface area contributed by atoms with E-state index in [2.05, 4.69) is 5.32 Å². The number of carbonyl (C=O) groups is 1. The number of sulfonamides is 1. The fourth-order valence-corrected chi connectivity index (χ4v) is 3.52. The molecule has 8 heteroatoms. The number of halogens is 1. The molecule has 0 aliphatic heterocycles. The molecule has 146 valence electrons. The molecule has 0 saturated heterocycles. The van der Waals surface area contributed by atoms with Gasteiger partial charge in [0.05, 0.1) is 19.1 Å². The first kappa shape index (κ1) is 20.7. The topological polar surface area (TPSA) is 75.7 Å². The zero-order chi connectivity index (χ0) is 19.9. The second kappa shape index (κ2) is 9.36. The Morgan fingerprint density at radius 2 is 1.89 bits per heavy atom. The lowest BCUT2D eigenvalue weighted by Crippen LogP contribution is -2.32. The fourth-order valence-electron chi connectivity index (χ4n) is 2.55. The van der Waals surface area contributed by atoms with E-state index in [1.54, 1.807) is 36.4 Å². The van der Waals surface area contributed by atoms with Crippen molar-refractivity contribution in [1.82, 2.24) is 5.32 Å². The molecule has 0 heterocycles. The Morgan fingerprint density at radius 3 is 2.48 bits per heavy atom. The van der Waals surface area contributed by atoms with Crippen LogP contribution in [0.2, 0.25) is 0 Å². The smallest absolute Gasteiger partial charge is 0.232 e. The molecule has 0 saturated carbocycles. The molecule has 0 unspecified atom stereocenters. The van der Waals surface area contributed by atoms with E-state index in [4.69, 9.17) is 4.74 Å². The molecule has 2 rings (SSSR count). The Bertz CT molecular complexity index is 870. The molecule has 0 radical (unpaired) electrons. The molecule has 0 fully saturated rings. The van der Waals surface area contributed by atoms with Gasteiger partial charge in [0.2, 0.25) is 15.9 Å². The van der Waals surface area contributed by atoms with Crippen molar-refractivity contribution in [3.8, 4) is 5.75 Å². The highest BCUT2D eigenvalue weighted by molar-refractivity contribution is 7.92. The lowest BCUT2D eigenvalue weighted by Gasteiger charge is -2.22. The summed E-state index contributed by atoms with van der Waals surface area (Å²) in [5.74, 6) is 0.0522. The Morgan fingerprint density at radius 1 is 1.19 bits per heavy atom. The maximum absolute atomic E-state index is 13.1. The minimum absolute atomic E-state index is 0.164. The van der Waals surface area contributed by atoms with Crippen LogP contribution in [0.4, 0.5) is 10.1 Å². The maximum atomic E-state index is 13.1. The normalized spacial score (nSPS) is 11.1. The van der Waals surface area contributed by atoms with Crippen LogP contribution in [0.5, 0.6) is 5.75 Å². The summed E-state index contributed by atoms with van der Waals surface area (Å²) in [6, 6.07) is 12.7. The lowest BCUT2D eigenvalue weighted by atomic mass is 10.2. The van der Waals surface area contributed by atoms with Gasteiger partial charge in [-0.2, -0.15) is 0 Å². The third kappa shape index (κ3) is 6.56. The summed E-state index contributed by atoms with van der Waals surface area (Å²) in [6.07, 6.45) is 1.65. The summed E-state index contributed by atoms with van der Waals surface area (Å²) in [5, 5.41) is 2.70. The molecular weight excluding hydrogens is 371 g/mol. The first-order valence-electron chi connectivity index (χ1n) is 8.42. The van der Waals surface area contributed by atoms with Crippen LogP contribution >= 0.6 is 0 Å². The Hall–Kier alpha value is -2.61. The monoisotopic (exact) mass is 394 g/mol. The molecule has 6 nitrogen and oxygen atoms in total. The Labute approximate surface area is 159 Å². The zero-order valence-corrected chi connectivity index (χ0v) is 16.1. The number of hydrogen-bond donors (Lipinski definition) is 1. The number of methoxy groups -OCH3 is 1. The average molecular weight is 394 g/mol. The van der Waals surface area contributed by atoms with Gasteiger partial charge < -0.3 is 10.1 Å². The number of ether oxygens (including phenoxy) is 1. The van der Waals surface area contributed by atoms with Crippen molar-refractivity contribution < 1.29 is 22.3 Å². The molecule has 2 aromatic rings. The number of anilines is 1. The molecule has 0 aromatic heterocycles. The second-order valence-electron chi connectivity index (χ2n) is 6.04. The Balaban J connectivity index is 1.88. The van der Waals surface area contributed by atoms with E-state index in [1.807, 2.05) is 0 Å². The SMILES string of the molecule is COc1ccc(N(CCCC(=O)NCc2cccc(F)c2)S(C)(=O)=O)cc1. The van der Waals surface area contributed by atoms with Crippen molar-refractivity contribution >= 4 is 21.6 Å². The predicted octanol–water partition coefficient (Wildman–Crippen LogP) is 2.70. The van der Waals surface area contributed by atoms with Gasteiger partial charge in [0.15, 0.2) is 0 Å². The van der Waals surface area contributed by atoms with Crippen molar-refractivity contribution in [2.45, 2.75) is 19.4 Å². The van der Waals surface area contributed by atoms with E-state index in [-0.39, 0.29) is 31.2 Å². The van der Waals surface area contributed by atoms with Crippen LogP contribution in [0.3, 0.4) is 0 Å².